The lowest BCUT2D eigenvalue weighted by atomic mass is 10.1. The Morgan fingerprint density at radius 2 is 2.28 bits per heavy atom. The number of hydrogen-bond acceptors (Lipinski definition) is 4. The third-order valence-electron chi connectivity index (χ3n) is 2.70. The number of aromatic nitrogens is 1. The smallest absolute Gasteiger partial charge is 0.144 e. The van der Waals surface area contributed by atoms with Crippen LogP contribution in [0.2, 0.25) is 0 Å². The van der Waals surface area contributed by atoms with Gasteiger partial charge in [-0.3, -0.25) is 0 Å². The van der Waals surface area contributed by atoms with Crippen LogP contribution in [0, 0.1) is 25.2 Å². The zero-order chi connectivity index (χ0) is 13.0. The molecule has 18 heavy (non-hydrogen) atoms. The Bertz CT molecular complexity index is 567. The first kappa shape index (κ1) is 12.6. The second kappa shape index (κ2) is 5.65. The molecule has 2 rings (SSSR count). The summed E-state index contributed by atoms with van der Waals surface area (Å²) >= 11 is 1.75. The second-order valence-electron chi connectivity index (χ2n) is 4.17. The molecule has 0 saturated heterocycles. The minimum absolute atomic E-state index is 0.645. The van der Waals surface area contributed by atoms with Crippen LogP contribution in [-0.2, 0) is 6.42 Å². The number of nitrogens with one attached hydrogen (secondary N) is 1. The van der Waals surface area contributed by atoms with Crippen LogP contribution in [0.3, 0.4) is 0 Å². The molecule has 0 aliphatic rings. The summed E-state index contributed by atoms with van der Waals surface area (Å²) in [7, 11) is 0. The molecule has 0 atom stereocenters. The highest BCUT2D eigenvalue weighted by Crippen LogP contribution is 2.17. The van der Waals surface area contributed by atoms with Gasteiger partial charge in [-0.2, -0.15) is 5.26 Å². The normalized spacial score (nSPS) is 10.1. The first-order valence-corrected chi connectivity index (χ1v) is 6.73. The van der Waals surface area contributed by atoms with Crippen LogP contribution in [0.5, 0.6) is 0 Å². The highest BCUT2D eigenvalue weighted by Gasteiger charge is 2.07. The zero-order valence-electron chi connectivity index (χ0n) is 10.5. The quantitative estimate of drug-likeness (QED) is 0.914. The molecule has 0 aromatic carbocycles. The fourth-order valence-electron chi connectivity index (χ4n) is 1.86. The average molecular weight is 257 g/mol. The van der Waals surface area contributed by atoms with E-state index >= 15 is 0 Å². The molecule has 0 radical (unpaired) electrons. The van der Waals surface area contributed by atoms with Gasteiger partial charge < -0.3 is 5.32 Å². The van der Waals surface area contributed by atoms with Crippen LogP contribution in [0.4, 0.5) is 5.82 Å². The van der Waals surface area contributed by atoms with Crippen molar-refractivity contribution in [2.24, 2.45) is 0 Å². The highest BCUT2D eigenvalue weighted by molar-refractivity contribution is 7.09. The summed E-state index contributed by atoms with van der Waals surface area (Å²) in [6.45, 7) is 4.68. The lowest BCUT2D eigenvalue weighted by molar-refractivity contribution is 1.01. The maximum atomic E-state index is 9.15. The highest BCUT2D eigenvalue weighted by atomic mass is 32.1. The van der Waals surface area contributed by atoms with E-state index < -0.39 is 0 Å². The molecule has 3 nitrogen and oxygen atoms in total. The van der Waals surface area contributed by atoms with E-state index in [1.807, 2.05) is 19.9 Å². The van der Waals surface area contributed by atoms with Crippen LogP contribution in [0.15, 0.2) is 23.6 Å². The summed E-state index contributed by atoms with van der Waals surface area (Å²) in [4.78, 5) is 5.73. The zero-order valence-corrected chi connectivity index (χ0v) is 11.3. The summed E-state index contributed by atoms with van der Waals surface area (Å²) in [5.74, 6) is 0.701. The molecule has 4 heteroatoms. The Morgan fingerprint density at radius 3 is 2.94 bits per heavy atom. The largest absolute Gasteiger partial charge is 0.369 e. The van der Waals surface area contributed by atoms with Crippen molar-refractivity contribution in [2.45, 2.75) is 20.3 Å². The van der Waals surface area contributed by atoms with Crippen LogP contribution in [0.1, 0.15) is 21.7 Å². The van der Waals surface area contributed by atoms with Crippen molar-refractivity contribution in [3.05, 3.63) is 45.3 Å². The molecule has 2 aromatic rings. The predicted octanol–water partition coefficient (Wildman–Crippen LogP) is 3.29. The summed E-state index contributed by atoms with van der Waals surface area (Å²) in [5, 5.41) is 14.5. The van der Waals surface area contributed by atoms with Gasteiger partial charge in [-0.1, -0.05) is 6.07 Å². The average Bonchev–Trinajstić information content (AvgIpc) is 2.81. The molecule has 0 aliphatic carbocycles. The third-order valence-corrected chi connectivity index (χ3v) is 3.64. The number of anilines is 1. The van der Waals surface area contributed by atoms with Crippen LogP contribution in [0.25, 0.3) is 0 Å². The van der Waals surface area contributed by atoms with Crippen LogP contribution < -0.4 is 5.32 Å². The van der Waals surface area contributed by atoms with E-state index in [4.69, 9.17) is 5.26 Å². The minimum Gasteiger partial charge on any atom is -0.369 e. The van der Waals surface area contributed by atoms with E-state index in [2.05, 4.69) is 33.9 Å². The number of thiophene rings is 1. The second-order valence-corrected chi connectivity index (χ2v) is 5.20. The SMILES string of the molecule is Cc1cc(C)c(C#N)c(NCCc2cccs2)n1. The van der Waals surface area contributed by atoms with Crippen molar-refractivity contribution >= 4 is 17.2 Å². The van der Waals surface area contributed by atoms with Gasteiger partial charge in [0.05, 0.1) is 5.56 Å². The molecule has 0 fully saturated rings. The summed E-state index contributed by atoms with van der Waals surface area (Å²) in [6.07, 6.45) is 0.956. The molecule has 2 aromatic heterocycles. The molecular weight excluding hydrogens is 242 g/mol. The summed E-state index contributed by atoms with van der Waals surface area (Å²) in [6, 6.07) is 8.31. The molecule has 0 saturated carbocycles. The first-order chi connectivity index (χ1) is 8.70. The summed E-state index contributed by atoms with van der Waals surface area (Å²) in [5.41, 5.74) is 2.56. The van der Waals surface area contributed by atoms with Gasteiger partial charge in [0.15, 0.2) is 0 Å². The monoisotopic (exact) mass is 257 g/mol. The molecule has 2 heterocycles. The minimum atomic E-state index is 0.645. The fourth-order valence-corrected chi connectivity index (χ4v) is 2.57. The number of hydrogen-bond donors (Lipinski definition) is 1. The Hall–Kier alpha value is -1.86. The molecule has 0 unspecified atom stereocenters. The standard InChI is InChI=1S/C14H15N3S/c1-10-8-11(2)17-14(13(10)9-15)16-6-5-12-4-3-7-18-12/h3-4,7-8H,5-6H2,1-2H3,(H,16,17). The van der Waals surface area contributed by atoms with E-state index in [1.54, 1.807) is 11.3 Å². The van der Waals surface area contributed by atoms with Gasteiger partial charge in [-0.25, -0.2) is 4.98 Å². The first-order valence-electron chi connectivity index (χ1n) is 5.85. The number of pyridine rings is 1. The molecule has 0 aliphatic heterocycles. The van der Waals surface area contributed by atoms with Gasteiger partial charge >= 0.3 is 0 Å². The topological polar surface area (TPSA) is 48.7 Å². The summed E-state index contributed by atoms with van der Waals surface area (Å²) < 4.78 is 0. The van der Waals surface area contributed by atoms with Crippen LogP contribution in [-0.4, -0.2) is 11.5 Å². The molecule has 92 valence electrons. The predicted molar refractivity (Wildman–Crippen MR) is 74.9 cm³/mol. The van der Waals surface area contributed by atoms with Crippen LogP contribution >= 0.6 is 11.3 Å². The van der Waals surface area contributed by atoms with Crippen molar-refractivity contribution < 1.29 is 0 Å². The van der Waals surface area contributed by atoms with Gasteiger partial charge in [0.2, 0.25) is 0 Å². The van der Waals surface area contributed by atoms with E-state index in [-0.39, 0.29) is 0 Å². The maximum absolute atomic E-state index is 9.15. The van der Waals surface area contributed by atoms with E-state index in [0.29, 0.717) is 11.4 Å². The van der Waals surface area contributed by atoms with Crippen molar-refractivity contribution in [1.29, 1.82) is 5.26 Å². The Kier molecular flexibility index (Phi) is 3.96. The van der Waals surface area contributed by atoms with Gasteiger partial charge in [-0.15, -0.1) is 11.3 Å². The van der Waals surface area contributed by atoms with Crippen molar-refractivity contribution in [3.63, 3.8) is 0 Å². The fraction of sp³-hybridized carbons (Fsp3) is 0.286. The van der Waals surface area contributed by atoms with E-state index in [9.17, 15) is 0 Å². The molecule has 0 bridgehead atoms. The molecule has 0 spiro atoms. The van der Waals surface area contributed by atoms with Crippen molar-refractivity contribution in [3.8, 4) is 6.07 Å². The van der Waals surface area contributed by atoms with Gasteiger partial charge in [0, 0.05) is 17.1 Å². The number of aryl methyl sites for hydroxylation is 2. The van der Waals surface area contributed by atoms with E-state index in [0.717, 1.165) is 24.2 Å². The van der Waals surface area contributed by atoms with Gasteiger partial charge in [-0.05, 0) is 43.3 Å². The Labute approximate surface area is 111 Å². The molecular formula is C14H15N3S. The van der Waals surface area contributed by atoms with E-state index in [1.165, 1.54) is 4.88 Å². The molecule has 1 N–H and O–H groups in total. The Morgan fingerprint density at radius 1 is 1.44 bits per heavy atom. The van der Waals surface area contributed by atoms with Gasteiger partial charge in [0.25, 0.3) is 0 Å². The van der Waals surface area contributed by atoms with Crippen molar-refractivity contribution in [1.82, 2.24) is 4.98 Å². The number of nitrogens with zero attached hydrogens (tertiary/aromatic N) is 2. The lowest BCUT2D eigenvalue weighted by Gasteiger charge is -2.09. The third kappa shape index (κ3) is 2.88. The number of nitriles is 1. The lowest BCUT2D eigenvalue weighted by Crippen LogP contribution is -2.08. The Balaban J connectivity index is 2.07. The number of rotatable bonds is 4. The molecule has 0 amide bonds. The van der Waals surface area contributed by atoms with Gasteiger partial charge in [0.1, 0.15) is 11.9 Å². The maximum Gasteiger partial charge on any atom is 0.144 e. The van der Waals surface area contributed by atoms with Crippen molar-refractivity contribution in [2.75, 3.05) is 11.9 Å².